The van der Waals surface area contributed by atoms with Crippen molar-refractivity contribution in [2.45, 2.75) is 19.8 Å². The van der Waals surface area contributed by atoms with Crippen LogP contribution in [0.15, 0.2) is 18.2 Å². The van der Waals surface area contributed by atoms with Crippen molar-refractivity contribution in [1.82, 2.24) is 0 Å². The molecule has 0 atom stereocenters. The zero-order valence-corrected chi connectivity index (χ0v) is 10.3. The van der Waals surface area contributed by atoms with Crippen molar-refractivity contribution in [2.75, 3.05) is 14.2 Å². The van der Waals surface area contributed by atoms with Crippen molar-refractivity contribution in [2.24, 2.45) is 0 Å². The van der Waals surface area contributed by atoms with Crippen LogP contribution >= 0.6 is 0 Å². The van der Waals surface area contributed by atoms with Gasteiger partial charge in [0.2, 0.25) is 0 Å². The first-order valence-electron chi connectivity index (χ1n) is 5.29. The smallest absolute Gasteiger partial charge is 0.161 e. The van der Waals surface area contributed by atoms with Gasteiger partial charge in [-0.15, -0.1) is 0 Å². The lowest BCUT2D eigenvalue weighted by Crippen LogP contribution is -2.07. The van der Waals surface area contributed by atoms with Crippen LogP contribution in [0.2, 0.25) is 0 Å². The number of methoxy groups -OCH3 is 2. The lowest BCUT2D eigenvalue weighted by atomic mass is 10.1. The zero-order valence-electron chi connectivity index (χ0n) is 10.3. The number of carbonyl (C=O) groups is 2. The van der Waals surface area contributed by atoms with Gasteiger partial charge in [0.1, 0.15) is 11.6 Å². The third-order valence-corrected chi connectivity index (χ3v) is 2.30. The van der Waals surface area contributed by atoms with Crippen molar-refractivity contribution in [1.29, 1.82) is 0 Å². The SMILES string of the molecule is COc1ccc(CC(=O)CC(C)=O)cc1OC. The molecule has 0 bridgehead atoms. The van der Waals surface area contributed by atoms with E-state index in [1.165, 1.54) is 6.92 Å². The van der Waals surface area contributed by atoms with Crippen LogP contribution in [0.1, 0.15) is 18.9 Å². The Balaban J connectivity index is 2.79. The molecule has 0 saturated carbocycles. The Morgan fingerprint density at radius 3 is 2.29 bits per heavy atom. The molecule has 0 saturated heterocycles. The number of hydrogen-bond donors (Lipinski definition) is 0. The fraction of sp³-hybridized carbons (Fsp3) is 0.385. The molecule has 0 aromatic heterocycles. The number of hydrogen-bond acceptors (Lipinski definition) is 4. The molecule has 0 N–H and O–H groups in total. The molecule has 0 unspecified atom stereocenters. The number of rotatable bonds is 6. The molecule has 0 amide bonds. The summed E-state index contributed by atoms with van der Waals surface area (Å²) < 4.78 is 10.2. The monoisotopic (exact) mass is 236 g/mol. The van der Waals surface area contributed by atoms with E-state index in [9.17, 15) is 9.59 Å². The average molecular weight is 236 g/mol. The van der Waals surface area contributed by atoms with E-state index in [-0.39, 0.29) is 24.4 Å². The second-order valence-electron chi connectivity index (χ2n) is 3.78. The summed E-state index contributed by atoms with van der Waals surface area (Å²) in [5, 5.41) is 0. The van der Waals surface area contributed by atoms with Crippen LogP contribution in [0.4, 0.5) is 0 Å². The standard InChI is InChI=1S/C13H16O4/c1-9(14)6-11(15)7-10-4-5-12(16-2)13(8-10)17-3/h4-5,8H,6-7H2,1-3H3. The van der Waals surface area contributed by atoms with Crippen LogP contribution in [0.3, 0.4) is 0 Å². The van der Waals surface area contributed by atoms with E-state index in [0.29, 0.717) is 11.5 Å². The summed E-state index contributed by atoms with van der Waals surface area (Å²) in [6.07, 6.45) is 0.217. The minimum atomic E-state index is -0.115. The van der Waals surface area contributed by atoms with Crippen LogP contribution in [0.25, 0.3) is 0 Å². The van der Waals surface area contributed by atoms with E-state index in [1.807, 2.05) is 0 Å². The highest BCUT2D eigenvalue weighted by molar-refractivity contribution is 5.98. The Morgan fingerprint density at radius 1 is 1.12 bits per heavy atom. The molecule has 1 rings (SSSR count). The van der Waals surface area contributed by atoms with Crippen LogP contribution in [0, 0.1) is 0 Å². The van der Waals surface area contributed by atoms with Gasteiger partial charge in [-0.1, -0.05) is 6.07 Å². The van der Waals surface area contributed by atoms with Crippen LogP contribution in [0.5, 0.6) is 11.5 Å². The summed E-state index contributed by atoms with van der Waals surface area (Å²) in [7, 11) is 3.09. The largest absolute Gasteiger partial charge is 0.493 e. The molecule has 1 aromatic rings. The maximum Gasteiger partial charge on any atom is 0.161 e. The quantitative estimate of drug-likeness (QED) is 0.707. The first-order chi connectivity index (χ1) is 8.06. The predicted octanol–water partition coefficient (Wildman–Crippen LogP) is 1.79. The van der Waals surface area contributed by atoms with Crippen molar-refractivity contribution < 1.29 is 19.1 Å². The third-order valence-electron chi connectivity index (χ3n) is 2.30. The Morgan fingerprint density at radius 2 is 1.76 bits per heavy atom. The Bertz CT molecular complexity index is 423. The first kappa shape index (κ1) is 13.2. The van der Waals surface area contributed by atoms with Gasteiger partial charge in [0, 0.05) is 6.42 Å². The molecule has 0 fully saturated rings. The van der Waals surface area contributed by atoms with E-state index in [2.05, 4.69) is 0 Å². The summed E-state index contributed by atoms with van der Waals surface area (Å²) >= 11 is 0. The molecule has 0 heterocycles. The summed E-state index contributed by atoms with van der Waals surface area (Å²) in [6.45, 7) is 1.41. The molecule has 1 aromatic carbocycles. The maximum absolute atomic E-state index is 11.5. The molecule has 0 radical (unpaired) electrons. The number of Topliss-reactive ketones (excluding diaryl/α,β-unsaturated/α-hetero) is 2. The molecule has 0 aliphatic carbocycles. The normalized spacial score (nSPS) is 9.82. The Labute approximate surface area is 101 Å². The van der Waals surface area contributed by atoms with Gasteiger partial charge in [-0.25, -0.2) is 0 Å². The van der Waals surface area contributed by atoms with Gasteiger partial charge < -0.3 is 9.47 Å². The topological polar surface area (TPSA) is 52.6 Å². The van der Waals surface area contributed by atoms with Crippen LogP contribution in [-0.4, -0.2) is 25.8 Å². The van der Waals surface area contributed by atoms with Gasteiger partial charge in [0.05, 0.1) is 20.6 Å². The predicted molar refractivity (Wildman–Crippen MR) is 63.6 cm³/mol. The molecule has 17 heavy (non-hydrogen) atoms. The van der Waals surface area contributed by atoms with E-state index in [4.69, 9.17) is 9.47 Å². The van der Waals surface area contributed by atoms with Crippen LogP contribution in [-0.2, 0) is 16.0 Å². The number of ether oxygens (including phenoxy) is 2. The average Bonchev–Trinajstić information content (AvgIpc) is 2.27. The maximum atomic E-state index is 11.5. The summed E-state index contributed by atoms with van der Waals surface area (Å²) in [5.74, 6) is 0.996. The van der Waals surface area contributed by atoms with Crippen molar-refractivity contribution in [3.8, 4) is 11.5 Å². The lowest BCUT2D eigenvalue weighted by Gasteiger charge is -2.08. The van der Waals surface area contributed by atoms with Gasteiger partial charge in [-0.3, -0.25) is 9.59 Å². The summed E-state index contributed by atoms with van der Waals surface area (Å²) in [5.41, 5.74) is 0.814. The third kappa shape index (κ3) is 3.90. The van der Waals surface area contributed by atoms with Crippen LogP contribution < -0.4 is 9.47 Å². The Kier molecular flexibility index (Phi) is 4.69. The van der Waals surface area contributed by atoms with Crippen molar-refractivity contribution in [3.63, 3.8) is 0 Å². The van der Waals surface area contributed by atoms with Gasteiger partial charge in [-0.05, 0) is 24.6 Å². The minimum Gasteiger partial charge on any atom is -0.493 e. The number of benzene rings is 1. The molecule has 0 aliphatic heterocycles. The molecule has 4 nitrogen and oxygen atoms in total. The second-order valence-corrected chi connectivity index (χ2v) is 3.78. The molecule has 0 spiro atoms. The molecular formula is C13H16O4. The number of carbonyl (C=O) groups excluding carboxylic acids is 2. The summed E-state index contributed by atoms with van der Waals surface area (Å²) in [6, 6.07) is 5.28. The minimum absolute atomic E-state index is 0.0195. The molecule has 4 heteroatoms. The van der Waals surface area contributed by atoms with E-state index in [1.54, 1.807) is 32.4 Å². The van der Waals surface area contributed by atoms with Gasteiger partial charge in [0.25, 0.3) is 0 Å². The molecular weight excluding hydrogens is 220 g/mol. The first-order valence-corrected chi connectivity index (χ1v) is 5.29. The molecule has 0 aliphatic rings. The highest BCUT2D eigenvalue weighted by Crippen LogP contribution is 2.27. The highest BCUT2D eigenvalue weighted by Gasteiger charge is 2.09. The molecule has 92 valence electrons. The van der Waals surface area contributed by atoms with Gasteiger partial charge in [-0.2, -0.15) is 0 Å². The fourth-order valence-corrected chi connectivity index (χ4v) is 1.56. The van der Waals surface area contributed by atoms with Crippen molar-refractivity contribution in [3.05, 3.63) is 23.8 Å². The number of ketones is 2. The second kappa shape index (κ2) is 6.03. The Hall–Kier alpha value is -1.84. The zero-order chi connectivity index (χ0) is 12.8. The van der Waals surface area contributed by atoms with Gasteiger partial charge >= 0.3 is 0 Å². The van der Waals surface area contributed by atoms with E-state index < -0.39 is 0 Å². The lowest BCUT2D eigenvalue weighted by molar-refractivity contribution is -0.125. The fourth-order valence-electron chi connectivity index (χ4n) is 1.56. The summed E-state index contributed by atoms with van der Waals surface area (Å²) in [4.78, 5) is 22.3. The van der Waals surface area contributed by atoms with Gasteiger partial charge in [0.15, 0.2) is 11.5 Å². The highest BCUT2D eigenvalue weighted by atomic mass is 16.5. The van der Waals surface area contributed by atoms with Crippen molar-refractivity contribution >= 4 is 11.6 Å². The van der Waals surface area contributed by atoms with E-state index >= 15 is 0 Å². The van der Waals surface area contributed by atoms with E-state index in [0.717, 1.165) is 5.56 Å².